The average molecular weight is 418 g/mol. The smallest absolute Gasteiger partial charge is 0.405 e. The zero-order valence-electron chi connectivity index (χ0n) is 16.1. The first kappa shape index (κ1) is 21.4. The lowest BCUT2D eigenvalue weighted by molar-refractivity contribution is -0.274. The van der Waals surface area contributed by atoms with E-state index in [0.29, 0.717) is 13.0 Å². The van der Waals surface area contributed by atoms with Gasteiger partial charge in [-0.25, -0.2) is 0 Å². The molecule has 5 nitrogen and oxygen atoms in total. The van der Waals surface area contributed by atoms with Crippen molar-refractivity contribution in [2.24, 2.45) is 0 Å². The number of para-hydroxylation sites is 1. The SMILES string of the molecule is O=C(C=Cc1ccccc1OC(F)(F)F)NCc1ccccc1CN1CCCC1=O. The zero-order valence-corrected chi connectivity index (χ0v) is 16.1. The third-order valence-electron chi connectivity index (χ3n) is 4.66. The minimum absolute atomic E-state index is 0.122. The van der Waals surface area contributed by atoms with Crippen LogP contribution in [0.4, 0.5) is 13.2 Å². The van der Waals surface area contributed by atoms with Gasteiger partial charge in [0.1, 0.15) is 5.75 Å². The third-order valence-corrected chi connectivity index (χ3v) is 4.66. The van der Waals surface area contributed by atoms with Gasteiger partial charge in [-0.15, -0.1) is 13.2 Å². The minimum Gasteiger partial charge on any atom is -0.405 e. The maximum absolute atomic E-state index is 12.5. The molecule has 158 valence electrons. The molecule has 0 aliphatic carbocycles. The van der Waals surface area contributed by atoms with Gasteiger partial charge in [-0.05, 0) is 29.7 Å². The number of rotatable bonds is 7. The van der Waals surface area contributed by atoms with Gasteiger partial charge in [0.15, 0.2) is 0 Å². The average Bonchev–Trinajstić information content (AvgIpc) is 3.10. The Kier molecular flexibility index (Phi) is 6.76. The van der Waals surface area contributed by atoms with Gasteiger partial charge in [0.25, 0.3) is 0 Å². The number of hydrogen-bond donors (Lipinski definition) is 1. The highest BCUT2D eigenvalue weighted by Crippen LogP contribution is 2.27. The molecule has 2 aromatic rings. The molecule has 1 saturated heterocycles. The summed E-state index contributed by atoms with van der Waals surface area (Å²) in [6.45, 7) is 1.45. The van der Waals surface area contributed by atoms with Crippen LogP contribution in [0.25, 0.3) is 6.08 Å². The van der Waals surface area contributed by atoms with Gasteiger partial charge >= 0.3 is 6.36 Å². The van der Waals surface area contributed by atoms with Crippen LogP contribution in [0.2, 0.25) is 0 Å². The summed E-state index contributed by atoms with van der Waals surface area (Å²) in [5.41, 5.74) is 1.96. The highest BCUT2D eigenvalue weighted by molar-refractivity contribution is 5.92. The lowest BCUT2D eigenvalue weighted by Gasteiger charge is -2.18. The second-order valence-electron chi connectivity index (χ2n) is 6.82. The maximum Gasteiger partial charge on any atom is 0.573 e. The van der Waals surface area contributed by atoms with E-state index in [0.717, 1.165) is 30.2 Å². The summed E-state index contributed by atoms with van der Waals surface area (Å²) in [6.07, 6.45) is -0.978. The molecule has 0 spiro atoms. The Morgan fingerprint density at radius 3 is 2.50 bits per heavy atom. The molecule has 1 N–H and O–H groups in total. The molecule has 2 amide bonds. The number of ether oxygens (including phenoxy) is 1. The first-order valence-corrected chi connectivity index (χ1v) is 9.47. The summed E-state index contributed by atoms with van der Waals surface area (Å²) in [7, 11) is 0. The van der Waals surface area contributed by atoms with Gasteiger partial charge in [-0.1, -0.05) is 42.5 Å². The van der Waals surface area contributed by atoms with Crippen LogP contribution in [0.5, 0.6) is 5.75 Å². The molecule has 0 atom stereocenters. The number of nitrogens with one attached hydrogen (secondary N) is 1. The predicted molar refractivity (Wildman–Crippen MR) is 105 cm³/mol. The number of nitrogens with zero attached hydrogens (tertiary/aromatic N) is 1. The topological polar surface area (TPSA) is 58.6 Å². The van der Waals surface area contributed by atoms with Crippen molar-refractivity contribution < 1.29 is 27.5 Å². The van der Waals surface area contributed by atoms with Crippen molar-refractivity contribution in [3.8, 4) is 5.75 Å². The van der Waals surface area contributed by atoms with E-state index in [1.54, 1.807) is 11.0 Å². The van der Waals surface area contributed by atoms with Gasteiger partial charge in [0.2, 0.25) is 11.8 Å². The standard InChI is InChI=1S/C22H21F3N2O3/c23-22(24,25)30-19-9-4-3-6-16(19)11-12-20(28)26-14-17-7-1-2-8-18(17)15-27-13-5-10-21(27)29/h1-4,6-9,11-12H,5,10,13-15H2,(H,26,28). The fourth-order valence-corrected chi connectivity index (χ4v) is 3.20. The van der Waals surface area contributed by atoms with Crippen molar-refractivity contribution in [3.63, 3.8) is 0 Å². The Morgan fingerprint density at radius 1 is 1.10 bits per heavy atom. The number of alkyl halides is 3. The Hall–Kier alpha value is -3.29. The Morgan fingerprint density at radius 2 is 1.80 bits per heavy atom. The normalized spacial score (nSPS) is 14.4. The number of amides is 2. The molecule has 0 saturated carbocycles. The van der Waals surface area contributed by atoms with Gasteiger partial charge in [0, 0.05) is 37.7 Å². The van der Waals surface area contributed by atoms with E-state index >= 15 is 0 Å². The monoisotopic (exact) mass is 418 g/mol. The first-order chi connectivity index (χ1) is 14.3. The summed E-state index contributed by atoms with van der Waals surface area (Å²) >= 11 is 0. The van der Waals surface area contributed by atoms with Gasteiger partial charge in [0.05, 0.1) is 0 Å². The third kappa shape index (κ3) is 6.10. The lowest BCUT2D eigenvalue weighted by Crippen LogP contribution is -2.26. The Balaban J connectivity index is 1.61. The largest absolute Gasteiger partial charge is 0.573 e. The van der Waals surface area contributed by atoms with Crippen molar-refractivity contribution in [3.05, 3.63) is 71.3 Å². The van der Waals surface area contributed by atoms with Gasteiger partial charge in [-0.2, -0.15) is 0 Å². The van der Waals surface area contributed by atoms with Crippen molar-refractivity contribution in [1.82, 2.24) is 10.2 Å². The highest BCUT2D eigenvalue weighted by atomic mass is 19.4. The Labute approximate surface area is 172 Å². The molecule has 0 bridgehead atoms. The molecular weight excluding hydrogens is 397 g/mol. The molecule has 8 heteroatoms. The van der Waals surface area contributed by atoms with E-state index in [1.807, 2.05) is 24.3 Å². The summed E-state index contributed by atoms with van der Waals surface area (Å²) < 4.78 is 41.4. The van der Waals surface area contributed by atoms with Crippen molar-refractivity contribution >= 4 is 17.9 Å². The van der Waals surface area contributed by atoms with Gasteiger partial charge < -0.3 is 15.0 Å². The van der Waals surface area contributed by atoms with Crippen LogP contribution in [-0.4, -0.2) is 29.6 Å². The molecule has 1 aliphatic heterocycles. The van der Waals surface area contributed by atoms with Crippen LogP contribution in [0, 0.1) is 0 Å². The molecule has 1 heterocycles. The van der Waals surface area contributed by atoms with Crippen LogP contribution in [0.3, 0.4) is 0 Å². The number of carbonyl (C=O) groups is 2. The quantitative estimate of drug-likeness (QED) is 0.691. The van der Waals surface area contributed by atoms with Gasteiger partial charge in [-0.3, -0.25) is 9.59 Å². The highest BCUT2D eigenvalue weighted by Gasteiger charge is 2.31. The summed E-state index contributed by atoms with van der Waals surface area (Å²) in [5, 5.41) is 2.72. The van der Waals surface area contributed by atoms with Crippen LogP contribution >= 0.6 is 0 Å². The van der Waals surface area contributed by atoms with Crippen LogP contribution in [0.1, 0.15) is 29.5 Å². The van der Waals surface area contributed by atoms with Crippen LogP contribution in [0.15, 0.2) is 54.6 Å². The van der Waals surface area contributed by atoms with Crippen LogP contribution in [-0.2, 0) is 22.7 Å². The number of hydrogen-bond acceptors (Lipinski definition) is 3. The molecule has 0 unspecified atom stereocenters. The van der Waals surface area contributed by atoms with E-state index in [2.05, 4.69) is 10.1 Å². The van der Waals surface area contributed by atoms with E-state index in [9.17, 15) is 22.8 Å². The molecule has 3 rings (SSSR count). The van der Waals surface area contributed by atoms with E-state index in [4.69, 9.17) is 0 Å². The second kappa shape index (κ2) is 9.47. The molecule has 1 aliphatic rings. The minimum atomic E-state index is -4.81. The number of carbonyl (C=O) groups excluding carboxylic acids is 2. The molecule has 0 radical (unpaired) electrons. The van der Waals surface area contributed by atoms with E-state index in [1.165, 1.54) is 24.3 Å². The fourth-order valence-electron chi connectivity index (χ4n) is 3.20. The molecule has 1 fully saturated rings. The van der Waals surface area contributed by atoms with E-state index < -0.39 is 12.3 Å². The second-order valence-corrected chi connectivity index (χ2v) is 6.82. The van der Waals surface area contributed by atoms with Crippen molar-refractivity contribution in [1.29, 1.82) is 0 Å². The zero-order chi connectivity index (χ0) is 21.6. The van der Waals surface area contributed by atoms with E-state index in [-0.39, 0.29) is 23.8 Å². The molecule has 2 aromatic carbocycles. The molecule has 30 heavy (non-hydrogen) atoms. The van der Waals surface area contributed by atoms with Crippen molar-refractivity contribution in [2.75, 3.05) is 6.54 Å². The van der Waals surface area contributed by atoms with Crippen LogP contribution < -0.4 is 10.1 Å². The van der Waals surface area contributed by atoms with Crippen molar-refractivity contribution in [2.45, 2.75) is 32.3 Å². The molecule has 0 aromatic heterocycles. The predicted octanol–water partition coefficient (Wildman–Crippen LogP) is 4.04. The number of likely N-dealkylation sites (tertiary alicyclic amines) is 1. The number of halogens is 3. The summed E-state index contributed by atoms with van der Waals surface area (Å²) in [5.74, 6) is -0.713. The molecular formula is C22H21F3N2O3. The number of benzene rings is 2. The summed E-state index contributed by atoms with van der Waals surface area (Å²) in [6, 6.07) is 13.1. The lowest BCUT2D eigenvalue weighted by atomic mass is 10.1. The first-order valence-electron chi connectivity index (χ1n) is 9.47. The summed E-state index contributed by atoms with van der Waals surface area (Å²) in [4.78, 5) is 25.8. The fraction of sp³-hybridized carbons (Fsp3) is 0.273. The Bertz CT molecular complexity index is 941. The maximum atomic E-state index is 12.5.